The van der Waals surface area contributed by atoms with Gasteiger partial charge in [-0.1, -0.05) is 0 Å². The van der Waals surface area contributed by atoms with Crippen molar-refractivity contribution in [2.45, 2.75) is 24.9 Å². The summed E-state index contributed by atoms with van der Waals surface area (Å²) in [5, 5.41) is 3.20. The number of hydrogen-bond donors (Lipinski definition) is 1. The van der Waals surface area contributed by atoms with E-state index in [0.29, 0.717) is 42.5 Å². The van der Waals surface area contributed by atoms with Gasteiger partial charge in [0.25, 0.3) is 11.5 Å². The summed E-state index contributed by atoms with van der Waals surface area (Å²) in [7, 11) is 1.64. The molecule has 2 fully saturated rings. The van der Waals surface area contributed by atoms with Gasteiger partial charge in [-0.15, -0.1) is 0 Å². The number of aromatic nitrogens is 2. The number of aryl methyl sites for hydroxylation is 1. The van der Waals surface area contributed by atoms with E-state index in [1.165, 1.54) is 10.9 Å². The van der Waals surface area contributed by atoms with E-state index in [1.807, 2.05) is 0 Å². The molecule has 0 aliphatic carbocycles. The predicted molar refractivity (Wildman–Crippen MR) is 94.0 cm³/mol. The van der Waals surface area contributed by atoms with Crippen LogP contribution in [0, 0.1) is 0 Å². The average molecular weight is 356 g/mol. The summed E-state index contributed by atoms with van der Waals surface area (Å²) < 4.78 is 6.86. The van der Waals surface area contributed by atoms with Crippen LogP contribution in [0.5, 0.6) is 0 Å². The summed E-state index contributed by atoms with van der Waals surface area (Å²) in [6.07, 6.45) is 3.20. The topological polar surface area (TPSA) is 93.5 Å². The van der Waals surface area contributed by atoms with Gasteiger partial charge in [0, 0.05) is 32.1 Å². The lowest BCUT2D eigenvalue weighted by Crippen LogP contribution is -2.36. The van der Waals surface area contributed by atoms with Crippen molar-refractivity contribution in [1.82, 2.24) is 19.8 Å². The van der Waals surface area contributed by atoms with Gasteiger partial charge in [-0.25, -0.2) is 9.78 Å². The SMILES string of the molecule is Cn1cnc2cc(C(=O)N3CCC[C@]4(CC3)CNC(=O)O4)ccc2c1=O. The second-order valence-corrected chi connectivity index (χ2v) is 6.96. The summed E-state index contributed by atoms with van der Waals surface area (Å²) in [6, 6.07) is 4.99. The summed E-state index contributed by atoms with van der Waals surface area (Å²) in [5.41, 5.74) is 0.389. The first kappa shape index (κ1) is 16.6. The third-order valence-corrected chi connectivity index (χ3v) is 5.21. The Balaban J connectivity index is 1.56. The minimum atomic E-state index is -0.497. The van der Waals surface area contributed by atoms with Gasteiger partial charge >= 0.3 is 6.09 Å². The summed E-state index contributed by atoms with van der Waals surface area (Å²) in [6.45, 7) is 1.63. The van der Waals surface area contributed by atoms with Crippen LogP contribution >= 0.6 is 0 Å². The van der Waals surface area contributed by atoms with Crippen LogP contribution in [0.15, 0.2) is 29.3 Å². The van der Waals surface area contributed by atoms with Crippen molar-refractivity contribution < 1.29 is 14.3 Å². The maximum atomic E-state index is 12.9. The highest BCUT2D eigenvalue weighted by molar-refractivity contribution is 5.97. The van der Waals surface area contributed by atoms with Crippen LogP contribution in [0.1, 0.15) is 29.6 Å². The fraction of sp³-hybridized carbons (Fsp3) is 0.444. The fourth-order valence-electron chi connectivity index (χ4n) is 3.68. The maximum absolute atomic E-state index is 12.9. The molecule has 1 spiro atoms. The molecule has 1 N–H and O–H groups in total. The Morgan fingerprint density at radius 1 is 1.27 bits per heavy atom. The number of ether oxygens (including phenoxy) is 1. The molecule has 2 amide bonds. The van der Waals surface area contributed by atoms with Gasteiger partial charge in [0.05, 0.1) is 23.8 Å². The molecule has 4 rings (SSSR count). The Kier molecular flexibility index (Phi) is 3.90. The lowest BCUT2D eigenvalue weighted by molar-refractivity contribution is 0.0438. The van der Waals surface area contributed by atoms with Gasteiger partial charge in [0.15, 0.2) is 0 Å². The second-order valence-electron chi connectivity index (χ2n) is 6.96. The number of carbonyl (C=O) groups excluding carboxylic acids is 2. The van der Waals surface area contributed by atoms with E-state index in [9.17, 15) is 14.4 Å². The van der Waals surface area contributed by atoms with Crippen LogP contribution in [0.2, 0.25) is 0 Å². The normalized spacial score (nSPS) is 23.0. The first-order chi connectivity index (χ1) is 12.5. The minimum absolute atomic E-state index is 0.0938. The molecule has 8 heteroatoms. The van der Waals surface area contributed by atoms with Gasteiger partial charge < -0.3 is 19.5 Å². The Bertz CT molecular complexity index is 954. The highest BCUT2D eigenvalue weighted by Gasteiger charge is 2.41. The molecule has 0 bridgehead atoms. The first-order valence-electron chi connectivity index (χ1n) is 8.69. The van der Waals surface area contributed by atoms with Crippen molar-refractivity contribution in [1.29, 1.82) is 0 Å². The predicted octanol–water partition coefficient (Wildman–Crippen LogP) is 1.04. The number of likely N-dealkylation sites (tertiary alicyclic amines) is 1. The zero-order valence-electron chi connectivity index (χ0n) is 14.5. The van der Waals surface area contributed by atoms with Crippen molar-refractivity contribution in [3.05, 3.63) is 40.4 Å². The van der Waals surface area contributed by atoms with E-state index in [4.69, 9.17) is 4.74 Å². The number of rotatable bonds is 1. The van der Waals surface area contributed by atoms with Gasteiger partial charge in [0.1, 0.15) is 5.60 Å². The fourth-order valence-corrected chi connectivity index (χ4v) is 3.68. The molecule has 0 unspecified atom stereocenters. The Morgan fingerprint density at radius 3 is 2.88 bits per heavy atom. The Labute approximate surface area is 149 Å². The van der Waals surface area contributed by atoms with E-state index < -0.39 is 5.60 Å². The number of carbonyl (C=O) groups is 2. The zero-order valence-corrected chi connectivity index (χ0v) is 14.5. The molecule has 2 aliphatic heterocycles. The van der Waals surface area contributed by atoms with Crippen LogP contribution in [0.4, 0.5) is 4.79 Å². The third kappa shape index (κ3) is 2.81. The van der Waals surface area contributed by atoms with Crippen LogP contribution in [-0.4, -0.2) is 51.7 Å². The van der Waals surface area contributed by atoms with E-state index >= 15 is 0 Å². The van der Waals surface area contributed by atoms with Crippen LogP contribution in [0.25, 0.3) is 10.9 Å². The van der Waals surface area contributed by atoms with Crippen LogP contribution in [0.3, 0.4) is 0 Å². The lowest BCUT2D eigenvalue weighted by atomic mass is 9.95. The van der Waals surface area contributed by atoms with Gasteiger partial charge in [0.2, 0.25) is 0 Å². The quantitative estimate of drug-likeness (QED) is 0.824. The number of nitrogens with one attached hydrogen (secondary N) is 1. The Morgan fingerprint density at radius 2 is 2.12 bits per heavy atom. The molecule has 0 radical (unpaired) electrons. The molecular weight excluding hydrogens is 336 g/mol. The van der Waals surface area contributed by atoms with Gasteiger partial charge in [-0.3, -0.25) is 9.59 Å². The molecular formula is C18H20N4O4. The first-order valence-corrected chi connectivity index (χ1v) is 8.69. The van der Waals surface area contributed by atoms with Crippen molar-refractivity contribution >= 4 is 22.9 Å². The second kappa shape index (κ2) is 6.12. The van der Waals surface area contributed by atoms with E-state index in [2.05, 4.69) is 10.3 Å². The molecule has 1 aromatic heterocycles. The third-order valence-electron chi connectivity index (χ3n) is 5.21. The van der Waals surface area contributed by atoms with Gasteiger partial charge in [-0.2, -0.15) is 0 Å². The molecule has 2 aromatic rings. The number of fused-ring (bicyclic) bond motifs is 1. The van der Waals surface area contributed by atoms with Crippen molar-refractivity contribution in [3.63, 3.8) is 0 Å². The molecule has 2 saturated heterocycles. The number of benzene rings is 1. The minimum Gasteiger partial charge on any atom is -0.441 e. The molecule has 1 atom stereocenters. The van der Waals surface area contributed by atoms with Crippen LogP contribution < -0.4 is 10.9 Å². The summed E-state index contributed by atoms with van der Waals surface area (Å²) in [4.78, 5) is 42.4. The molecule has 1 aromatic carbocycles. The Hall–Kier alpha value is -2.90. The number of nitrogens with zero attached hydrogens (tertiary/aromatic N) is 3. The molecule has 0 saturated carbocycles. The van der Waals surface area contributed by atoms with Crippen molar-refractivity contribution in [2.24, 2.45) is 7.05 Å². The van der Waals surface area contributed by atoms with Crippen molar-refractivity contribution in [3.8, 4) is 0 Å². The van der Waals surface area contributed by atoms with Gasteiger partial charge in [-0.05, 0) is 31.0 Å². The van der Waals surface area contributed by atoms with Crippen LogP contribution in [-0.2, 0) is 11.8 Å². The standard InChI is InChI=1S/C18H20N4O4/c1-21-11-20-14-9-12(3-4-13(14)16(21)24)15(23)22-7-2-5-18(6-8-22)10-19-17(25)26-18/h3-4,9,11H,2,5-8,10H2,1H3,(H,19,25)/t18-/m0/s1. The largest absolute Gasteiger partial charge is 0.441 e. The highest BCUT2D eigenvalue weighted by Crippen LogP contribution is 2.29. The average Bonchev–Trinajstić information content (AvgIpc) is 2.88. The molecule has 26 heavy (non-hydrogen) atoms. The lowest BCUT2D eigenvalue weighted by Gasteiger charge is -2.25. The zero-order chi connectivity index (χ0) is 18.3. The summed E-state index contributed by atoms with van der Waals surface area (Å²) in [5.74, 6) is -0.0938. The van der Waals surface area contributed by atoms with E-state index in [0.717, 1.165) is 12.8 Å². The molecule has 136 valence electrons. The maximum Gasteiger partial charge on any atom is 0.407 e. The molecule has 3 heterocycles. The van der Waals surface area contributed by atoms with E-state index in [-0.39, 0.29) is 17.6 Å². The molecule has 2 aliphatic rings. The van der Waals surface area contributed by atoms with E-state index in [1.54, 1.807) is 30.1 Å². The monoisotopic (exact) mass is 356 g/mol. The smallest absolute Gasteiger partial charge is 0.407 e. The number of alkyl carbamates (subject to hydrolysis) is 1. The summed E-state index contributed by atoms with van der Waals surface area (Å²) >= 11 is 0. The molecule has 8 nitrogen and oxygen atoms in total. The van der Waals surface area contributed by atoms with Crippen molar-refractivity contribution in [2.75, 3.05) is 19.6 Å². The number of hydrogen-bond acceptors (Lipinski definition) is 5. The number of amides is 2. The highest BCUT2D eigenvalue weighted by atomic mass is 16.6.